The lowest BCUT2D eigenvalue weighted by Gasteiger charge is -2.12. The SMILES string of the molecule is COc1ccc(C(O)Cc2cccc(O)c2)cc1. The molecule has 2 aromatic carbocycles. The van der Waals surface area contributed by atoms with Gasteiger partial charge in [0.1, 0.15) is 11.5 Å². The van der Waals surface area contributed by atoms with Crippen LogP contribution in [0.4, 0.5) is 0 Å². The van der Waals surface area contributed by atoms with Crippen molar-refractivity contribution in [1.29, 1.82) is 0 Å². The molecule has 1 unspecified atom stereocenters. The van der Waals surface area contributed by atoms with E-state index in [2.05, 4.69) is 0 Å². The molecule has 0 aliphatic rings. The molecule has 0 aromatic heterocycles. The van der Waals surface area contributed by atoms with Gasteiger partial charge in [0, 0.05) is 6.42 Å². The minimum Gasteiger partial charge on any atom is -0.508 e. The number of phenolic OH excluding ortho intramolecular Hbond substituents is 1. The normalized spacial score (nSPS) is 12.1. The first kappa shape index (κ1) is 12.5. The van der Waals surface area contributed by atoms with Gasteiger partial charge in [-0.1, -0.05) is 24.3 Å². The van der Waals surface area contributed by atoms with E-state index in [-0.39, 0.29) is 5.75 Å². The second-order valence-electron chi connectivity index (χ2n) is 4.16. The van der Waals surface area contributed by atoms with Crippen molar-refractivity contribution in [3.05, 3.63) is 59.7 Å². The quantitative estimate of drug-likeness (QED) is 0.869. The van der Waals surface area contributed by atoms with E-state index < -0.39 is 6.10 Å². The number of methoxy groups -OCH3 is 1. The van der Waals surface area contributed by atoms with Gasteiger partial charge in [0.2, 0.25) is 0 Å². The van der Waals surface area contributed by atoms with Gasteiger partial charge in [0.25, 0.3) is 0 Å². The Bertz CT molecular complexity index is 505. The molecule has 94 valence electrons. The first-order valence-corrected chi connectivity index (χ1v) is 5.79. The van der Waals surface area contributed by atoms with Crippen molar-refractivity contribution in [1.82, 2.24) is 0 Å². The molecule has 0 spiro atoms. The zero-order chi connectivity index (χ0) is 13.0. The van der Waals surface area contributed by atoms with Crippen LogP contribution in [0.25, 0.3) is 0 Å². The Kier molecular flexibility index (Phi) is 3.85. The summed E-state index contributed by atoms with van der Waals surface area (Å²) in [7, 11) is 1.61. The molecule has 0 saturated carbocycles. The fourth-order valence-electron chi connectivity index (χ4n) is 1.85. The molecule has 0 bridgehead atoms. The maximum Gasteiger partial charge on any atom is 0.118 e. The van der Waals surface area contributed by atoms with Crippen LogP contribution in [0.5, 0.6) is 11.5 Å². The zero-order valence-corrected chi connectivity index (χ0v) is 10.2. The Morgan fingerprint density at radius 1 is 1.11 bits per heavy atom. The highest BCUT2D eigenvalue weighted by Crippen LogP contribution is 2.22. The van der Waals surface area contributed by atoms with Gasteiger partial charge in [-0.25, -0.2) is 0 Å². The van der Waals surface area contributed by atoms with E-state index in [1.54, 1.807) is 25.3 Å². The maximum atomic E-state index is 10.1. The molecular weight excluding hydrogens is 228 g/mol. The molecule has 1 atom stereocenters. The van der Waals surface area contributed by atoms with Crippen molar-refractivity contribution in [3.8, 4) is 11.5 Å². The molecule has 3 heteroatoms. The van der Waals surface area contributed by atoms with Gasteiger partial charge in [0.15, 0.2) is 0 Å². The summed E-state index contributed by atoms with van der Waals surface area (Å²) in [4.78, 5) is 0. The van der Waals surface area contributed by atoms with Crippen molar-refractivity contribution in [2.45, 2.75) is 12.5 Å². The fraction of sp³-hybridized carbons (Fsp3) is 0.200. The second-order valence-corrected chi connectivity index (χ2v) is 4.16. The Balaban J connectivity index is 2.09. The van der Waals surface area contributed by atoms with Crippen molar-refractivity contribution in [2.75, 3.05) is 7.11 Å². The third kappa shape index (κ3) is 3.02. The highest BCUT2D eigenvalue weighted by Gasteiger charge is 2.09. The Morgan fingerprint density at radius 3 is 2.44 bits per heavy atom. The minimum absolute atomic E-state index is 0.217. The van der Waals surface area contributed by atoms with Gasteiger partial charge >= 0.3 is 0 Å². The average Bonchev–Trinajstić information content (AvgIpc) is 2.39. The van der Waals surface area contributed by atoms with Gasteiger partial charge in [-0.05, 0) is 35.4 Å². The molecule has 2 aromatic rings. The van der Waals surface area contributed by atoms with E-state index in [9.17, 15) is 10.2 Å². The first-order chi connectivity index (χ1) is 8.69. The summed E-state index contributed by atoms with van der Waals surface area (Å²) in [5.74, 6) is 0.984. The van der Waals surface area contributed by atoms with Crippen LogP contribution in [-0.2, 0) is 6.42 Å². The number of hydrogen-bond acceptors (Lipinski definition) is 3. The minimum atomic E-state index is -0.585. The molecule has 0 aliphatic carbocycles. The van der Waals surface area contributed by atoms with Crippen LogP contribution in [0.1, 0.15) is 17.2 Å². The van der Waals surface area contributed by atoms with E-state index in [4.69, 9.17) is 4.74 Å². The number of aromatic hydroxyl groups is 1. The summed E-state index contributed by atoms with van der Waals surface area (Å²) >= 11 is 0. The predicted molar refractivity (Wildman–Crippen MR) is 69.8 cm³/mol. The number of hydrogen-bond donors (Lipinski definition) is 2. The summed E-state index contributed by atoms with van der Waals surface area (Å²) in [5.41, 5.74) is 1.73. The Labute approximate surface area is 106 Å². The van der Waals surface area contributed by atoms with Gasteiger partial charge in [-0.15, -0.1) is 0 Å². The van der Waals surface area contributed by atoms with Crippen molar-refractivity contribution < 1.29 is 14.9 Å². The fourth-order valence-corrected chi connectivity index (χ4v) is 1.85. The van der Waals surface area contributed by atoms with Crippen LogP contribution in [0.3, 0.4) is 0 Å². The molecule has 2 N–H and O–H groups in total. The molecule has 0 saturated heterocycles. The van der Waals surface area contributed by atoms with Gasteiger partial charge < -0.3 is 14.9 Å². The number of rotatable bonds is 4. The van der Waals surface area contributed by atoms with Crippen molar-refractivity contribution in [3.63, 3.8) is 0 Å². The predicted octanol–water partition coefficient (Wildman–Crippen LogP) is 2.68. The highest BCUT2D eigenvalue weighted by atomic mass is 16.5. The lowest BCUT2D eigenvalue weighted by molar-refractivity contribution is 0.178. The largest absolute Gasteiger partial charge is 0.508 e. The molecule has 3 nitrogen and oxygen atoms in total. The van der Waals surface area contributed by atoms with Gasteiger partial charge in [-0.3, -0.25) is 0 Å². The first-order valence-electron chi connectivity index (χ1n) is 5.79. The smallest absolute Gasteiger partial charge is 0.118 e. The summed E-state index contributed by atoms with van der Waals surface area (Å²) in [6.07, 6.45) is -0.113. The van der Waals surface area contributed by atoms with E-state index in [1.807, 2.05) is 30.3 Å². The number of aliphatic hydroxyl groups is 1. The van der Waals surface area contributed by atoms with Gasteiger partial charge in [0.05, 0.1) is 13.2 Å². The summed E-state index contributed by atoms with van der Waals surface area (Å²) in [6, 6.07) is 14.2. The second kappa shape index (κ2) is 5.56. The molecule has 2 rings (SSSR count). The standard InChI is InChI=1S/C15H16O3/c1-18-14-7-5-12(6-8-14)15(17)10-11-3-2-4-13(16)9-11/h2-9,15-17H,10H2,1H3. The van der Waals surface area contributed by atoms with Crippen molar-refractivity contribution in [2.24, 2.45) is 0 Å². The lowest BCUT2D eigenvalue weighted by atomic mass is 10.0. The van der Waals surface area contributed by atoms with Gasteiger partial charge in [-0.2, -0.15) is 0 Å². The Hall–Kier alpha value is -2.00. The average molecular weight is 244 g/mol. The molecule has 0 amide bonds. The van der Waals surface area contributed by atoms with E-state index in [1.165, 1.54) is 0 Å². The van der Waals surface area contributed by atoms with Crippen molar-refractivity contribution >= 4 is 0 Å². The molecule has 0 heterocycles. The van der Waals surface area contributed by atoms with Crippen LogP contribution < -0.4 is 4.74 Å². The van der Waals surface area contributed by atoms with Crippen LogP contribution in [0.15, 0.2) is 48.5 Å². The molecule has 0 fully saturated rings. The topological polar surface area (TPSA) is 49.7 Å². The summed E-state index contributed by atoms with van der Waals surface area (Å²) < 4.78 is 5.07. The van der Waals surface area contributed by atoms with E-state index in [0.29, 0.717) is 6.42 Å². The lowest BCUT2D eigenvalue weighted by Crippen LogP contribution is -2.01. The van der Waals surface area contributed by atoms with Crippen LogP contribution in [0, 0.1) is 0 Å². The van der Waals surface area contributed by atoms with Crippen LogP contribution >= 0.6 is 0 Å². The third-order valence-electron chi connectivity index (χ3n) is 2.84. The van der Waals surface area contributed by atoms with Crippen LogP contribution in [-0.4, -0.2) is 17.3 Å². The van der Waals surface area contributed by atoms with Crippen LogP contribution in [0.2, 0.25) is 0 Å². The highest BCUT2D eigenvalue weighted by molar-refractivity contribution is 5.31. The monoisotopic (exact) mass is 244 g/mol. The third-order valence-corrected chi connectivity index (χ3v) is 2.84. The molecule has 0 radical (unpaired) electrons. The Morgan fingerprint density at radius 2 is 1.83 bits per heavy atom. The molecular formula is C15H16O3. The number of benzene rings is 2. The number of phenols is 1. The number of aliphatic hydroxyl groups excluding tert-OH is 1. The molecule has 18 heavy (non-hydrogen) atoms. The summed E-state index contributed by atoms with van der Waals surface area (Å²) in [6.45, 7) is 0. The van der Waals surface area contributed by atoms with E-state index in [0.717, 1.165) is 16.9 Å². The van der Waals surface area contributed by atoms with E-state index >= 15 is 0 Å². The zero-order valence-electron chi connectivity index (χ0n) is 10.2. The molecule has 0 aliphatic heterocycles. The maximum absolute atomic E-state index is 10.1. The number of ether oxygens (including phenoxy) is 1. The summed E-state index contributed by atoms with van der Waals surface area (Å²) in [5, 5.41) is 19.5.